The van der Waals surface area contributed by atoms with Crippen LogP contribution in [0, 0.1) is 6.92 Å². The van der Waals surface area contributed by atoms with Crippen LogP contribution in [-0.2, 0) is 19.3 Å². The summed E-state index contributed by atoms with van der Waals surface area (Å²) in [4.78, 5) is 2.87. The van der Waals surface area contributed by atoms with Crippen LogP contribution in [0.25, 0.3) is 0 Å². The maximum absolute atomic E-state index is 12.3. The molecule has 0 fully saturated rings. The minimum absolute atomic E-state index is 0.363. The Morgan fingerprint density at radius 2 is 1.76 bits per heavy atom. The van der Waals surface area contributed by atoms with Crippen molar-refractivity contribution in [3.63, 3.8) is 0 Å². The molecule has 0 unspecified atom stereocenters. The van der Waals surface area contributed by atoms with Crippen molar-refractivity contribution in [1.29, 1.82) is 0 Å². The van der Waals surface area contributed by atoms with Crippen LogP contribution in [0.1, 0.15) is 5.56 Å². The molecule has 0 aliphatic carbocycles. The molecule has 0 aliphatic heterocycles. The Labute approximate surface area is 96.0 Å². The SMILES string of the molecule is Cc1ccc(S(=O)(=O)OOC(F)(F)CF)cc1. The highest BCUT2D eigenvalue weighted by molar-refractivity contribution is 7.86. The Morgan fingerprint density at radius 1 is 1.24 bits per heavy atom. The average Bonchev–Trinajstić information content (AvgIpc) is 2.27. The summed E-state index contributed by atoms with van der Waals surface area (Å²) in [6, 6.07) is 5.20. The first-order valence-corrected chi connectivity index (χ1v) is 5.80. The molecule has 0 bridgehead atoms. The van der Waals surface area contributed by atoms with Crippen LogP contribution in [0.15, 0.2) is 29.2 Å². The molecule has 0 spiro atoms. The second-order valence-electron chi connectivity index (χ2n) is 3.19. The summed E-state index contributed by atoms with van der Waals surface area (Å²) in [6.07, 6.45) is -4.29. The van der Waals surface area contributed by atoms with E-state index in [2.05, 4.69) is 9.22 Å². The fourth-order valence-corrected chi connectivity index (χ4v) is 1.60. The molecule has 0 aromatic heterocycles. The number of hydrogen-bond donors (Lipinski definition) is 0. The van der Waals surface area contributed by atoms with Gasteiger partial charge in [-0.2, -0.15) is 17.2 Å². The Hall–Kier alpha value is -1.12. The fraction of sp³-hybridized carbons (Fsp3) is 0.333. The highest BCUT2D eigenvalue weighted by atomic mass is 32.2. The van der Waals surface area contributed by atoms with Gasteiger partial charge in [-0.05, 0) is 19.1 Å². The summed E-state index contributed by atoms with van der Waals surface area (Å²) in [6.45, 7) is -0.471. The summed E-state index contributed by atoms with van der Waals surface area (Å²) in [5.41, 5.74) is 0.777. The largest absolute Gasteiger partial charge is 0.410 e. The maximum Gasteiger partial charge on any atom is 0.410 e. The number of rotatable bonds is 5. The first-order chi connectivity index (χ1) is 7.77. The van der Waals surface area contributed by atoms with Crippen LogP contribution < -0.4 is 0 Å². The van der Waals surface area contributed by atoms with Crippen molar-refractivity contribution < 1.29 is 30.8 Å². The van der Waals surface area contributed by atoms with Gasteiger partial charge in [-0.1, -0.05) is 22.0 Å². The highest BCUT2D eigenvalue weighted by Crippen LogP contribution is 2.20. The van der Waals surface area contributed by atoms with Gasteiger partial charge in [0.25, 0.3) is 0 Å². The monoisotopic (exact) mass is 270 g/mol. The first-order valence-electron chi connectivity index (χ1n) is 4.40. The summed E-state index contributed by atoms with van der Waals surface area (Å²) in [5.74, 6) is 0. The lowest BCUT2D eigenvalue weighted by Gasteiger charge is -2.11. The second-order valence-corrected chi connectivity index (χ2v) is 4.71. The van der Waals surface area contributed by atoms with Gasteiger partial charge in [0, 0.05) is 0 Å². The van der Waals surface area contributed by atoms with Crippen LogP contribution in [0.3, 0.4) is 0 Å². The highest BCUT2D eigenvalue weighted by Gasteiger charge is 2.34. The van der Waals surface area contributed by atoms with Crippen LogP contribution in [0.5, 0.6) is 0 Å². The first kappa shape index (κ1) is 13.9. The third-order valence-electron chi connectivity index (χ3n) is 1.71. The normalized spacial score (nSPS) is 12.7. The Bertz CT molecular complexity index is 470. The van der Waals surface area contributed by atoms with Crippen molar-refractivity contribution in [2.24, 2.45) is 0 Å². The van der Waals surface area contributed by atoms with Crippen LogP contribution in [0.2, 0.25) is 0 Å². The average molecular weight is 270 g/mol. The molecule has 4 nitrogen and oxygen atoms in total. The maximum atomic E-state index is 12.3. The van der Waals surface area contributed by atoms with E-state index in [1.54, 1.807) is 6.92 Å². The molecule has 0 N–H and O–H groups in total. The molecule has 0 atom stereocenters. The van der Waals surface area contributed by atoms with Crippen LogP contribution >= 0.6 is 0 Å². The van der Waals surface area contributed by atoms with Gasteiger partial charge in [-0.15, -0.1) is 4.89 Å². The second kappa shape index (κ2) is 5.03. The lowest BCUT2D eigenvalue weighted by Crippen LogP contribution is -2.25. The molecule has 96 valence electrons. The quantitative estimate of drug-likeness (QED) is 0.608. The number of alkyl halides is 3. The summed E-state index contributed by atoms with van der Waals surface area (Å²) in [7, 11) is -4.49. The van der Waals surface area contributed by atoms with Gasteiger partial charge in [0.2, 0.25) is 0 Å². The van der Waals surface area contributed by atoms with Crippen molar-refractivity contribution in [1.82, 2.24) is 0 Å². The van der Waals surface area contributed by atoms with Gasteiger partial charge in [-0.3, -0.25) is 0 Å². The predicted molar refractivity (Wildman–Crippen MR) is 51.5 cm³/mol. The minimum Gasteiger partial charge on any atom is -0.241 e. The van der Waals surface area contributed by atoms with Gasteiger partial charge in [0.1, 0.15) is 0 Å². The standard InChI is InChI=1S/C9H9F3O4S/c1-7-2-4-8(5-3-7)17(13,14)16-15-9(11,12)6-10/h2-5H,6H2,1H3. The van der Waals surface area contributed by atoms with E-state index in [1.165, 1.54) is 12.1 Å². The zero-order valence-corrected chi connectivity index (χ0v) is 9.51. The predicted octanol–water partition coefficient (Wildman–Crippen LogP) is 2.19. The van der Waals surface area contributed by atoms with Crippen molar-refractivity contribution in [2.45, 2.75) is 17.9 Å². The molecule has 8 heteroatoms. The molecular weight excluding hydrogens is 261 g/mol. The molecule has 1 aromatic rings. The van der Waals surface area contributed by atoms with Gasteiger partial charge in [0.15, 0.2) is 6.67 Å². The third kappa shape index (κ3) is 3.99. The van der Waals surface area contributed by atoms with E-state index in [-0.39, 0.29) is 4.90 Å². The van der Waals surface area contributed by atoms with Crippen LogP contribution in [-0.4, -0.2) is 21.2 Å². The zero-order chi connectivity index (χ0) is 13.1. The van der Waals surface area contributed by atoms with Crippen molar-refractivity contribution in [3.05, 3.63) is 29.8 Å². The molecule has 0 saturated heterocycles. The number of benzene rings is 1. The van der Waals surface area contributed by atoms with Gasteiger partial charge < -0.3 is 0 Å². The number of aryl methyl sites for hydroxylation is 1. The van der Waals surface area contributed by atoms with E-state index >= 15 is 0 Å². The molecule has 17 heavy (non-hydrogen) atoms. The van der Waals surface area contributed by atoms with E-state index in [9.17, 15) is 21.6 Å². The van der Waals surface area contributed by atoms with E-state index in [1.807, 2.05) is 0 Å². The Balaban J connectivity index is 2.79. The third-order valence-corrected chi connectivity index (χ3v) is 2.81. The number of hydrogen-bond acceptors (Lipinski definition) is 4. The van der Waals surface area contributed by atoms with Crippen molar-refractivity contribution in [2.75, 3.05) is 6.67 Å². The van der Waals surface area contributed by atoms with Crippen molar-refractivity contribution in [3.8, 4) is 0 Å². The van der Waals surface area contributed by atoms with E-state index < -0.39 is 22.9 Å². The zero-order valence-electron chi connectivity index (χ0n) is 8.69. The minimum atomic E-state index is -4.49. The molecule has 1 aromatic carbocycles. The Morgan fingerprint density at radius 3 is 2.24 bits per heavy atom. The Kier molecular flexibility index (Phi) is 4.12. The lowest BCUT2D eigenvalue weighted by molar-refractivity contribution is -0.391. The number of halogens is 3. The van der Waals surface area contributed by atoms with Crippen molar-refractivity contribution >= 4 is 10.1 Å². The summed E-state index contributed by atoms with van der Waals surface area (Å²) >= 11 is 0. The molecule has 0 amide bonds. The molecule has 0 radical (unpaired) electrons. The van der Waals surface area contributed by atoms with Crippen LogP contribution in [0.4, 0.5) is 13.2 Å². The lowest BCUT2D eigenvalue weighted by atomic mass is 10.2. The molecular formula is C9H9F3O4S. The topological polar surface area (TPSA) is 52.6 Å². The fourth-order valence-electron chi connectivity index (χ4n) is 0.861. The van der Waals surface area contributed by atoms with E-state index in [0.29, 0.717) is 0 Å². The molecule has 0 heterocycles. The summed E-state index contributed by atoms with van der Waals surface area (Å²) < 4.78 is 62.4. The molecule has 1 rings (SSSR count). The smallest absolute Gasteiger partial charge is 0.241 e. The van der Waals surface area contributed by atoms with Gasteiger partial charge in [0.05, 0.1) is 4.90 Å². The molecule has 0 aliphatic rings. The molecule has 0 saturated carbocycles. The van der Waals surface area contributed by atoms with E-state index in [4.69, 9.17) is 0 Å². The summed E-state index contributed by atoms with van der Waals surface area (Å²) in [5, 5.41) is 0. The van der Waals surface area contributed by atoms with Gasteiger partial charge in [-0.25, -0.2) is 4.39 Å². The van der Waals surface area contributed by atoms with Gasteiger partial charge >= 0.3 is 16.2 Å². The van der Waals surface area contributed by atoms with E-state index in [0.717, 1.165) is 17.7 Å².